The van der Waals surface area contributed by atoms with Crippen molar-refractivity contribution in [1.82, 2.24) is 5.32 Å². The zero-order valence-corrected chi connectivity index (χ0v) is 7.06. The van der Waals surface area contributed by atoms with Gasteiger partial charge in [-0.3, -0.25) is 4.79 Å². The number of hydrogen-bond acceptors (Lipinski definition) is 2. The van der Waals surface area contributed by atoms with Crippen molar-refractivity contribution in [2.45, 2.75) is 26.3 Å². The zero-order chi connectivity index (χ0) is 8.91. The topological polar surface area (TPSA) is 49.3 Å². The largest absolute Gasteiger partial charge is 0.384 e. The predicted molar refractivity (Wildman–Crippen MR) is 42.8 cm³/mol. The molecule has 0 aromatic carbocycles. The number of hydrogen-bond donors (Lipinski definition) is 2. The highest BCUT2D eigenvalue weighted by Gasteiger charge is 2.10. The monoisotopic (exact) mass is 155 g/mol. The molecule has 3 nitrogen and oxygen atoms in total. The van der Waals surface area contributed by atoms with Crippen molar-refractivity contribution in [1.29, 1.82) is 0 Å². The van der Waals surface area contributed by atoms with Crippen LogP contribution in [0.25, 0.3) is 0 Å². The molecule has 0 atom stereocenters. The maximum absolute atomic E-state index is 10.8. The number of rotatable bonds is 0. The summed E-state index contributed by atoms with van der Waals surface area (Å²) in [6, 6.07) is 0. The summed E-state index contributed by atoms with van der Waals surface area (Å²) in [7, 11) is 0. The van der Waals surface area contributed by atoms with Crippen molar-refractivity contribution < 1.29 is 9.90 Å². The Kier molecular flexibility index (Phi) is 3.63. The molecule has 0 bridgehead atoms. The highest BCUT2D eigenvalue weighted by atomic mass is 16.2. The van der Waals surface area contributed by atoms with Crippen molar-refractivity contribution in [3.8, 4) is 11.8 Å². The highest BCUT2D eigenvalue weighted by Crippen LogP contribution is 1.96. The Morgan fingerprint density at radius 1 is 1.55 bits per heavy atom. The summed E-state index contributed by atoms with van der Waals surface area (Å²) < 4.78 is 0. The van der Waals surface area contributed by atoms with Crippen molar-refractivity contribution in [2.24, 2.45) is 0 Å². The fourth-order valence-electron chi connectivity index (χ4n) is 0.492. The lowest BCUT2D eigenvalue weighted by Crippen LogP contribution is -2.39. The normalized spacial score (nSPS) is 9.82. The Labute approximate surface area is 66.8 Å². The Balaban J connectivity index is 3.89. The van der Waals surface area contributed by atoms with E-state index in [1.165, 1.54) is 0 Å². The first-order chi connectivity index (χ1) is 4.95. The number of aliphatic hydroxyl groups is 1. The van der Waals surface area contributed by atoms with Crippen LogP contribution in [0.2, 0.25) is 0 Å². The minimum Gasteiger partial charge on any atom is -0.384 e. The minimum absolute atomic E-state index is 0.263. The van der Waals surface area contributed by atoms with Gasteiger partial charge in [-0.2, -0.15) is 0 Å². The second-order valence-electron chi connectivity index (χ2n) is 3.16. The summed E-state index contributed by atoms with van der Waals surface area (Å²) in [6.07, 6.45) is 0. The Morgan fingerprint density at radius 2 is 2.09 bits per heavy atom. The SMILES string of the molecule is CC(C)(C)NC(=O)C#CCO. The molecule has 0 heterocycles. The summed E-state index contributed by atoms with van der Waals surface area (Å²) >= 11 is 0. The van der Waals surface area contributed by atoms with Crippen molar-refractivity contribution in [3.63, 3.8) is 0 Å². The lowest BCUT2D eigenvalue weighted by atomic mass is 10.1. The molecule has 0 spiro atoms. The van der Waals surface area contributed by atoms with E-state index in [1.54, 1.807) is 0 Å². The number of amides is 1. The standard InChI is InChI=1S/C8H13NO2/c1-8(2,3)9-7(11)5-4-6-10/h10H,6H2,1-3H3,(H,9,11). The first-order valence-corrected chi connectivity index (χ1v) is 3.37. The number of carbonyl (C=O) groups is 1. The van der Waals surface area contributed by atoms with Crippen LogP contribution in [0.15, 0.2) is 0 Å². The number of nitrogens with one attached hydrogen (secondary N) is 1. The summed E-state index contributed by atoms with van der Waals surface area (Å²) in [5, 5.41) is 10.9. The van der Waals surface area contributed by atoms with Crippen molar-refractivity contribution in [2.75, 3.05) is 6.61 Å². The van der Waals surface area contributed by atoms with Crippen LogP contribution in [0, 0.1) is 11.8 Å². The molecule has 0 unspecified atom stereocenters. The summed E-state index contributed by atoms with van der Waals surface area (Å²) in [4.78, 5) is 10.8. The molecule has 62 valence electrons. The molecule has 2 N–H and O–H groups in total. The van der Waals surface area contributed by atoms with Crippen LogP contribution in [0.5, 0.6) is 0 Å². The summed E-state index contributed by atoms with van der Waals surface area (Å²) in [6.45, 7) is 5.32. The predicted octanol–water partition coefficient (Wildman–Crippen LogP) is -0.103. The molecule has 0 saturated heterocycles. The van der Waals surface area contributed by atoms with E-state index in [4.69, 9.17) is 5.11 Å². The van der Waals surface area contributed by atoms with E-state index in [2.05, 4.69) is 17.2 Å². The third kappa shape index (κ3) is 6.88. The molecule has 1 amide bonds. The fraction of sp³-hybridized carbons (Fsp3) is 0.625. The molecule has 0 fully saturated rings. The summed E-state index contributed by atoms with van der Waals surface area (Å²) in [5.41, 5.74) is -0.263. The van der Waals surface area contributed by atoms with Crippen LogP contribution < -0.4 is 5.32 Å². The number of carbonyl (C=O) groups excluding carboxylic acids is 1. The zero-order valence-electron chi connectivity index (χ0n) is 7.06. The highest BCUT2D eigenvalue weighted by molar-refractivity contribution is 5.93. The molecular formula is C8H13NO2. The molecule has 11 heavy (non-hydrogen) atoms. The second-order valence-corrected chi connectivity index (χ2v) is 3.16. The van der Waals surface area contributed by atoms with E-state index in [0.717, 1.165) is 0 Å². The van der Waals surface area contributed by atoms with Crippen LogP contribution in [0.1, 0.15) is 20.8 Å². The molecule has 0 aromatic heterocycles. The van der Waals surface area contributed by atoms with Crippen molar-refractivity contribution >= 4 is 5.91 Å². The maximum atomic E-state index is 10.8. The first kappa shape index (κ1) is 9.99. The summed E-state index contributed by atoms with van der Waals surface area (Å²) in [5.74, 6) is 4.15. The average molecular weight is 155 g/mol. The molecule has 0 aliphatic heterocycles. The molecule has 0 saturated carbocycles. The molecular weight excluding hydrogens is 142 g/mol. The van der Waals surface area contributed by atoms with E-state index in [0.29, 0.717) is 0 Å². The van der Waals surface area contributed by atoms with Gasteiger partial charge >= 0.3 is 0 Å². The molecule has 3 heteroatoms. The van der Waals surface area contributed by atoms with E-state index >= 15 is 0 Å². The lowest BCUT2D eigenvalue weighted by molar-refractivity contribution is -0.117. The van der Waals surface area contributed by atoms with Gasteiger partial charge in [-0.1, -0.05) is 5.92 Å². The molecule has 0 aliphatic carbocycles. The van der Waals surface area contributed by atoms with Gasteiger partial charge in [0.05, 0.1) is 0 Å². The van der Waals surface area contributed by atoms with Crippen molar-refractivity contribution in [3.05, 3.63) is 0 Å². The first-order valence-electron chi connectivity index (χ1n) is 3.37. The second kappa shape index (κ2) is 3.99. The van der Waals surface area contributed by atoms with E-state index in [-0.39, 0.29) is 18.1 Å². The molecule has 0 aromatic rings. The fourth-order valence-corrected chi connectivity index (χ4v) is 0.492. The quantitative estimate of drug-likeness (QED) is 0.480. The smallest absolute Gasteiger partial charge is 0.296 e. The van der Waals surface area contributed by atoms with E-state index in [9.17, 15) is 4.79 Å². The van der Waals surface area contributed by atoms with Gasteiger partial charge in [-0.05, 0) is 26.7 Å². The van der Waals surface area contributed by atoms with Crippen LogP contribution >= 0.6 is 0 Å². The third-order valence-electron chi connectivity index (χ3n) is 0.770. The Morgan fingerprint density at radius 3 is 2.45 bits per heavy atom. The molecule has 0 radical (unpaired) electrons. The van der Waals surface area contributed by atoms with Gasteiger partial charge in [0.1, 0.15) is 6.61 Å². The van der Waals surface area contributed by atoms with Gasteiger partial charge in [0, 0.05) is 5.54 Å². The van der Waals surface area contributed by atoms with Crippen LogP contribution in [-0.2, 0) is 4.79 Å². The van der Waals surface area contributed by atoms with E-state index < -0.39 is 0 Å². The average Bonchev–Trinajstić information content (AvgIpc) is 1.79. The van der Waals surface area contributed by atoms with Gasteiger partial charge in [-0.25, -0.2) is 0 Å². The lowest BCUT2D eigenvalue weighted by Gasteiger charge is -2.17. The molecule has 0 aliphatic rings. The minimum atomic E-state index is -0.355. The number of aliphatic hydroxyl groups excluding tert-OH is 1. The van der Waals surface area contributed by atoms with Gasteiger partial charge in [-0.15, -0.1) is 0 Å². The maximum Gasteiger partial charge on any atom is 0.296 e. The van der Waals surface area contributed by atoms with Crippen LogP contribution in [0.3, 0.4) is 0 Å². The van der Waals surface area contributed by atoms with Gasteiger partial charge in [0.25, 0.3) is 5.91 Å². The molecule has 0 rings (SSSR count). The Hall–Kier alpha value is -1.01. The Bertz CT molecular complexity index is 192. The van der Waals surface area contributed by atoms with Crippen LogP contribution in [0.4, 0.5) is 0 Å². The third-order valence-corrected chi connectivity index (χ3v) is 0.770. The van der Waals surface area contributed by atoms with Crippen LogP contribution in [-0.4, -0.2) is 23.2 Å². The van der Waals surface area contributed by atoms with E-state index in [1.807, 2.05) is 20.8 Å². The van der Waals surface area contributed by atoms with Gasteiger partial charge < -0.3 is 10.4 Å². The van der Waals surface area contributed by atoms with Gasteiger partial charge in [0.15, 0.2) is 0 Å². The van der Waals surface area contributed by atoms with Gasteiger partial charge in [0.2, 0.25) is 0 Å².